The normalized spacial score (nSPS) is 18.9. The summed E-state index contributed by atoms with van der Waals surface area (Å²) >= 11 is 3.23. The zero-order valence-corrected chi connectivity index (χ0v) is 16.2. The standard InChI is InChI=1S/C19H13BrF3N3O3/c20-14-5-3-13(4-6-14)16-9-18(28,19(21,22)23)26(25-16)17(27)11-29-15-7-1-12(10-24)2-8-15/h1-8,28H,9,11H2/t18-/m1/s1. The zero-order chi connectivity index (χ0) is 21.2. The first-order chi connectivity index (χ1) is 13.6. The number of nitrogens with zero attached hydrogens (tertiary/aromatic N) is 3. The number of benzene rings is 2. The van der Waals surface area contributed by atoms with E-state index >= 15 is 0 Å². The monoisotopic (exact) mass is 467 g/mol. The van der Waals surface area contributed by atoms with Crippen LogP contribution in [0.15, 0.2) is 58.1 Å². The lowest BCUT2D eigenvalue weighted by Gasteiger charge is -2.32. The Morgan fingerprint density at radius 3 is 2.41 bits per heavy atom. The van der Waals surface area contributed by atoms with Crippen LogP contribution in [0.4, 0.5) is 13.2 Å². The molecular weight excluding hydrogens is 455 g/mol. The van der Waals surface area contributed by atoms with E-state index in [9.17, 15) is 23.1 Å². The van der Waals surface area contributed by atoms with Crippen molar-refractivity contribution in [1.82, 2.24) is 5.01 Å². The molecule has 0 aromatic heterocycles. The number of amides is 1. The number of halogens is 4. The maximum Gasteiger partial charge on any atom is 0.438 e. The van der Waals surface area contributed by atoms with Crippen molar-refractivity contribution in [1.29, 1.82) is 5.26 Å². The zero-order valence-electron chi connectivity index (χ0n) is 14.7. The number of carbonyl (C=O) groups excluding carboxylic acids is 1. The van der Waals surface area contributed by atoms with E-state index in [-0.39, 0.29) is 16.5 Å². The Morgan fingerprint density at radius 2 is 1.86 bits per heavy atom. The number of nitriles is 1. The number of alkyl halides is 3. The number of rotatable bonds is 4. The van der Waals surface area contributed by atoms with Gasteiger partial charge in [-0.3, -0.25) is 4.79 Å². The molecule has 1 amide bonds. The van der Waals surface area contributed by atoms with Crippen LogP contribution in [0.2, 0.25) is 0 Å². The molecule has 1 heterocycles. The van der Waals surface area contributed by atoms with Gasteiger partial charge < -0.3 is 9.84 Å². The summed E-state index contributed by atoms with van der Waals surface area (Å²) in [4.78, 5) is 12.4. The molecule has 0 bridgehead atoms. The number of carbonyl (C=O) groups is 1. The number of hydrogen-bond donors (Lipinski definition) is 1. The van der Waals surface area contributed by atoms with Gasteiger partial charge in [-0.25, -0.2) is 0 Å². The lowest BCUT2D eigenvalue weighted by Crippen LogP contribution is -2.57. The lowest BCUT2D eigenvalue weighted by atomic mass is 10.0. The van der Waals surface area contributed by atoms with Crippen LogP contribution in [0, 0.1) is 11.3 Å². The first kappa shape index (κ1) is 20.8. The molecule has 1 atom stereocenters. The van der Waals surface area contributed by atoms with Gasteiger partial charge in [0.25, 0.3) is 11.6 Å². The van der Waals surface area contributed by atoms with Gasteiger partial charge in [-0.05, 0) is 42.0 Å². The summed E-state index contributed by atoms with van der Waals surface area (Å²) in [5.41, 5.74) is -2.85. The second-order valence-corrected chi connectivity index (χ2v) is 7.09. The van der Waals surface area contributed by atoms with Gasteiger partial charge in [0.05, 0.1) is 23.8 Å². The topological polar surface area (TPSA) is 85.9 Å². The third kappa shape index (κ3) is 4.26. The van der Waals surface area contributed by atoms with Crippen LogP contribution in [-0.4, -0.2) is 40.2 Å². The summed E-state index contributed by atoms with van der Waals surface area (Å²) in [6.45, 7) is -0.776. The summed E-state index contributed by atoms with van der Waals surface area (Å²) in [6.07, 6.45) is -6.03. The molecule has 10 heteroatoms. The first-order valence-electron chi connectivity index (χ1n) is 8.22. The summed E-state index contributed by atoms with van der Waals surface area (Å²) in [6, 6.07) is 13.9. The first-order valence-corrected chi connectivity index (χ1v) is 9.02. The van der Waals surface area contributed by atoms with E-state index in [0.717, 1.165) is 4.47 Å². The lowest BCUT2D eigenvalue weighted by molar-refractivity contribution is -0.302. The molecule has 1 aliphatic heterocycles. The second kappa shape index (κ2) is 7.85. The predicted octanol–water partition coefficient (Wildman–Crippen LogP) is 3.59. The maximum atomic E-state index is 13.6. The molecule has 3 rings (SSSR count). The van der Waals surface area contributed by atoms with E-state index in [1.54, 1.807) is 12.1 Å². The fourth-order valence-electron chi connectivity index (χ4n) is 2.66. The number of aliphatic hydroxyl groups is 1. The third-order valence-corrected chi connectivity index (χ3v) is 4.73. The van der Waals surface area contributed by atoms with Gasteiger partial charge in [0.15, 0.2) is 6.61 Å². The molecule has 1 aliphatic rings. The molecule has 2 aromatic rings. The molecule has 2 aromatic carbocycles. The van der Waals surface area contributed by atoms with E-state index in [4.69, 9.17) is 10.00 Å². The number of hydrazone groups is 1. The van der Waals surface area contributed by atoms with Crippen molar-refractivity contribution in [2.24, 2.45) is 5.10 Å². The van der Waals surface area contributed by atoms with Crippen LogP contribution < -0.4 is 4.74 Å². The van der Waals surface area contributed by atoms with Gasteiger partial charge in [-0.2, -0.15) is 28.5 Å². The Bertz CT molecular complexity index is 985. The van der Waals surface area contributed by atoms with Crippen molar-refractivity contribution < 1.29 is 27.8 Å². The van der Waals surface area contributed by atoms with Crippen molar-refractivity contribution >= 4 is 27.5 Å². The van der Waals surface area contributed by atoms with Gasteiger partial charge in [0.1, 0.15) is 5.75 Å². The molecule has 0 radical (unpaired) electrons. The number of ether oxygens (including phenoxy) is 1. The summed E-state index contributed by atoms with van der Waals surface area (Å²) in [5, 5.41) is 22.8. The second-order valence-electron chi connectivity index (χ2n) is 6.18. The van der Waals surface area contributed by atoms with Crippen molar-refractivity contribution in [2.75, 3.05) is 6.61 Å². The largest absolute Gasteiger partial charge is 0.484 e. The van der Waals surface area contributed by atoms with Crippen molar-refractivity contribution in [3.8, 4) is 11.8 Å². The molecule has 0 spiro atoms. The van der Waals surface area contributed by atoms with Gasteiger partial charge in [0, 0.05) is 4.47 Å². The number of hydrogen-bond acceptors (Lipinski definition) is 5. The van der Waals surface area contributed by atoms with Crippen LogP contribution in [-0.2, 0) is 4.79 Å². The van der Waals surface area contributed by atoms with Gasteiger partial charge in [-0.1, -0.05) is 28.1 Å². The molecule has 0 fully saturated rings. The Hall–Kier alpha value is -2.90. The average molecular weight is 468 g/mol. The van der Waals surface area contributed by atoms with Crippen molar-refractivity contribution in [3.63, 3.8) is 0 Å². The summed E-state index contributed by atoms with van der Waals surface area (Å²) in [7, 11) is 0. The van der Waals surface area contributed by atoms with Crippen LogP contribution >= 0.6 is 15.9 Å². The van der Waals surface area contributed by atoms with Gasteiger partial charge in [-0.15, -0.1) is 0 Å². The minimum absolute atomic E-state index is 0.0219. The highest BCUT2D eigenvalue weighted by atomic mass is 79.9. The molecule has 1 N–H and O–H groups in total. The molecule has 29 heavy (non-hydrogen) atoms. The summed E-state index contributed by atoms with van der Waals surface area (Å²) in [5.74, 6) is -0.981. The van der Waals surface area contributed by atoms with Gasteiger partial charge >= 0.3 is 6.18 Å². The highest BCUT2D eigenvalue weighted by Crippen LogP contribution is 2.41. The van der Waals surface area contributed by atoms with Crippen molar-refractivity contribution in [3.05, 3.63) is 64.1 Å². The minimum atomic E-state index is -5.13. The predicted molar refractivity (Wildman–Crippen MR) is 99.8 cm³/mol. The van der Waals surface area contributed by atoms with Crippen LogP contribution in [0.3, 0.4) is 0 Å². The van der Waals surface area contributed by atoms with Crippen LogP contribution in [0.1, 0.15) is 17.5 Å². The SMILES string of the molecule is N#Cc1ccc(OCC(=O)N2N=C(c3ccc(Br)cc3)C[C@@]2(O)C(F)(F)F)cc1. The molecule has 150 valence electrons. The quantitative estimate of drug-likeness (QED) is 0.744. The smallest absolute Gasteiger partial charge is 0.438 e. The Kier molecular flexibility index (Phi) is 5.64. The maximum absolute atomic E-state index is 13.6. The highest BCUT2D eigenvalue weighted by Gasteiger charge is 2.63. The van der Waals surface area contributed by atoms with Gasteiger partial charge in [0.2, 0.25) is 0 Å². The molecule has 0 aliphatic carbocycles. The summed E-state index contributed by atoms with van der Waals surface area (Å²) < 4.78 is 46.6. The van der Waals surface area contributed by atoms with E-state index in [2.05, 4.69) is 21.0 Å². The van der Waals surface area contributed by atoms with E-state index in [1.807, 2.05) is 6.07 Å². The molecule has 0 unspecified atom stereocenters. The Balaban J connectivity index is 1.82. The van der Waals surface area contributed by atoms with Crippen molar-refractivity contribution in [2.45, 2.75) is 18.3 Å². The molecule has 0 saturated carbocycles. The Morgan fingerprint density at radius 1 is 1.24 bits per heavy atom. The van der Waals surface area contributed by atoms with E-state index in [1.165, 1.54) is 36.4 Å². The molecule has 6 nitrogen and oxygen atoms in total. The van der Waals surface area contributed by atoms with E-state index < -0.39 is 30.8 Å². The molecule has 0 saturated heterocycles. The fourth-order valence-corrected chi connectivity index (χ4v) is 2.93. The average Bonchev–Trinajstić information content (AvgIpc) is 3.06. The van der Waals surface area contributed by atoms with Crippen LogP contribution in [0.25, 0.3) is 0 Å². The molecular formula is C19H13BrF3N3O3. The Labute approximate surface area is 171 Å². The fraction of sp³-hybridized carbons (Fsp3) is 0.211. The minimum Gasteiger partial charge on any atom is -0.484 e. The van der Waals surface area contributed by atoms with Crippen LogP contribution in [0.5, 0.6) is 5.75 Å². The third-order valence-electron chi connectivity index (χ3n) is 4.20. The van der Waals surface area contributed by atoms with E-state index in [0.29, 0.717) is 11.1 Å². The highest BCUT2D eigenvalue weighted by molar-refractivity contribution is 9.10.